The zero-order chi connectivity index (χ0) is 13.8. The van der Waals surface area contributed by atoms with Crippen LogP contribution in [-0.2, 0) is 34.5 Å². The van der Waals surface area contributed by atoms with Gasteiger partial charge in [0.05, 0.1) is 5.75 Å². The van der Waals surface area contributed by atoms with Crippen LogP contribution in [-0.4, -0.2) is 59.0 Å². The third-order valence-electron chi connectivity index (χ3n) is 3.50. The Kier molecular flexibility index (Phi) is 3.48. The lowest BCUT2D eigenvalue weighted by Crippen LogP contribution is -2.56. The number of rotatable bonds is 2. The average Bonchev–Trinajstić information content (AvgIpc) is 2.76. The maximum absolute atomic E-state index is 11.5. The molecule has 0 aliphatic carbocycles. The van der Waals surface area contributed by atoms with E-state index in [1.807, 2.05) is 20.8 Å². The van der Waals surface area contributed by atoms with Gasteiger partial charge in [-0.25, -0.2) is 0 Å². The molecule has 0 radical (unpaired) electrons. The molecule has 3 aliphatic heterocycles. The summed E-state index contributed by atoms with van der Waals surface area (Å²) in [7, 11) is -0.971. The van der Waals surface area contributed by atoms with Gasteiger partial charge < -0.3 is 23.7 Å². The highest BCUT2D eigenvalue weighted by Gasteiger charge is 2.58. The van der Waals surface area contributed by atoms with E-state index in [1.165, 1.54) is 0 Å². The van der Waals surface area contributed by atoms with Crippen LogP contribution >= 0.6 is 0 Å². The first-order valence-electron chi connectivity index (χ1n) is 6.48. The molecule has 3 aliphatic rings. The molecule has 0 spiro atoms. The fourth-order valence-electron chi connectivity index (χ4n) is 2.90. The zero-order valence-corrected chi connectivity index (χ0v) is 12.3. The van der Waals surface area contributed by atoms with Crippen molar-refractivity contribution in [2.24, 2.45) is 0 Å². The first-order valence-corrected chi connectivity index (χ1v) is 8.20. The Balaban J connectivity index is 1.83. The molecule has 3 saturated heterocycles. The molecule has 0 aromatic carbocycles. The van der Waals surface area contributed by atoms with Crippen molar-refractivity contribution in [3.63, 3.8) is 0 Å². The highest BCUT2D eigenvalue weighted by atomic mass is 32.2. The summed E-state index contributed by atoms with van der Waals surface area (Å²) in [5, 5.41) is 0. The van der Waals surface area contributed by atoms with Crippen LogP contribution in [0, 0.1) is 0 Å². The van der Waals surface area contributed by atoms with Gasteiger partial charge in [0.15, 0.2) is 18.4 Å². The van der Waals surface area contributed by atoms with Gasteiger partial charge in [-0.05, 0) is 20.8 Å². The monoisotopic (exact) mass is 292 g/mol. The molecule has 0 aromatic heterocycles. The topological polar surface area (TPSA) is 63.2 Å². The smallest absolute Gasteiger partial charge is 0.190 e. The lowest BCUT2D eigenvalue weighted by molar-refractivity contribution is -0.216. The Hall–Kier alpha value is -0.0500. The highest BCUT2D eigenvalue weighted by Crippen LogP contribution is 2.41. The van der Waals surface area contributed by atoms with Crippen LogP contribution in [0.5, 0.6) is 0 Å². The van der Waals surface area contributed by atoms with Gasteiger partial charge in [-0.3, -0.25) is 4.21 Å². The summed E-state index contributed by atoms with van der Waals surface area (Å²) >= 11 is 0. The molecule has 0 saturated carbocycles. The second-order valence-corrected chi connectivity index (χ2v) is 7.13. The molecule has 3 heterocycles. The number of ether oxygens (including phenoxy) is 5. The molecule has 0 aromatic rings. The Labute approximate surface area is 115 Å². The van der Waals surface area contributed by atoms with Crippen LogP contribution in [0.25, 0.3) is 0 Å². The summed E-state index contributed by atoms with van der Waals surface area (Å²) in [6.45, 7) is 5.55. The van der Waals surface area contributed by atoms with Crippen molar-refractivity contribution in [3.05, 3.63) is 0 Å². The van der Waals surface area contributed by atoms with Gasteiger partial charge in [0, 0.05) is 17.1 Å². The molecule has 3 fully saturated rings. The average molecular weight is 292 g/mol. The van der Waals surface area contributed by atoms with E-state index in [2.05, 4.69) is 0 Å². The van der Waals surface area contributed by atoms with Crippen molar-refractivity contribution < 1.29 is 27.9 Å². The highest BCUT2D eigenvalue weighted by molar-refractivity contribution is 7.84. The molecule has 1 unspecified atom stereocenters. The van der Waals surface area contributed by atoms with E-state index in [4.69, 9.17) is 23.7 Å². The van der Waals surface area contributed by atoms with Gasteiger partial charge in [-0.1, -0.05) is 0 Å². The predicted octanol–water partition coefficient (Wildman–Crippen LogP) is 0.371. The standard InChI is InChI=1S/C12H20O6S/c1-6-14-10-9-8(17-12(2,3)18-9)7(5-19(4)13)16-11(10)15-6/h6-11H,5H2,1-4H3/t6-,7-,8+,9+,10-,11+,19?/m1/s1. The van der Waals surface area contributed by atoms with Crippen molar-refractivity contribution in [1.82, 2.24) is 0 Å². The molecule has 19 heavy (non-hydrogen) atoms. The Morgan fingerprint density at radius 3 is 2.42 bits per heavy atom. The number of fused-ring (bicyclic) bond motifs is 3. The van der Waals surface area contributed by atoms with E-state index in [0.717, 1.165) is 0 Å². The Bertz CT molecular complexity index is 386. The van der Waals surface area contributed by atoms with Crippen LogP contribution in [0.15, 0.2) is 0 Å². The first kappa shape index (κ1) is 13.9. The van der Waals surface area contributed by atoms with Crippen LogP contribution in [0.2, 0.25) is 0 Å². The van der Waals surface area contributed by atoms with Gasteiger partial charge in [-0.2, -0.15) is 0 Å². The minimum atomic E-state index is -0.971. The summed E-state index contributed by atoms with van der Waals surface area (Å²) in [6, 6.07) is 0. The second kappa shape index (κ2) is 4.75. The second-order valence-electron chi connectivity index (χ2n) is 5.65. The van der Waals surface area contributed by atoms with Crippen molar-refractivity contribution in [2.45, 2.75) is 63.6 Å². The van der Waals surface area contributed by atoms with Crippen LogP contribution in [0.1, 0.15) is 20.8 Å². The van der Waals surface area contributed by atoms with Gasteiger partial charge >= 0.3 is 0 Å². The molecule has 7 heteroatoms. The van der Waals surface area contributed by atoms with Crippen LogP contribution in [0.3, 0.4) is 0 Å². The van der Waals surface area contributed by atoms with Crippen molar-refractivity contribution in [2.75, 3.05) is 12.0 Å². The van der Waals surface area contributed by atoms with E-state index in [0.29, 0.717) is 5.75 Å². The molecule has 110 valence electrons. The normalized spacial score (nSPS) is 49.7. The van der Waals surface area contributed by atoms with E-state index < -0.39 is 22.9 Å². The summed E-state index contributed by atoms with van der Waals surface area (Å²) in [4.78, 5) is 0. The Morgan fingerprint density at radius 2 is 1.74 bits per heavy atom. The largest absolute Gasteiger partial charge is 0.343 e. The molecular formula is C12H20O6S. The van der Waals surface area contributed by atoms with Gasteiger partial charge in [0.25, 0.3) is 0 Å². The minimum Gasteiger partial charge on any atom is -0.343 e. The zero-order valence-electron chi connectivity index (χ0n) is 11.5. The molecule has 3 rings (SSSR count). The summed E-state index contributed by atoms with van der Waals surface area (Å²) in [6.07, 6.45) is -0.242. The third kappa shape index (κ3) is 2.59. The third-order valence-corrected chi connectivity index (χ3v) is 4.30. The lowest BCUT2D eigenvalue weighted by Gasteiger charge is -2.36. The Morgan fingerprint density at radius 1 is 1.05 bits per heavy atom. The summed E-state index contributed by atoms with van der Waals surface area (Å²) in [5.74, 6) is -0.280. The van der Waals surface area contributed by atoms with E-state index in [9.17, 15) is 4.21 Å². The van der Waals surface area contributed by atoms with E-state index >= 15 is 0 Å². The van der Waals surface area contributed by atoms with E-state index in [1.54, 1.807) is 6.26 Å². The van der Waals surface area contributed by atoms with Gasteiger partial charge in [0.2, 0.25) is 0 Å². The fraction of sp³-hybridized carbons (Fsp3) is 1.00. The molecule has 6 nitrogen and oxygen atoms in total. The summed E-state index contributed by atoms with van der Waals surface area (Å²) < 4.78 is 40.4. The number of hydrogen-bond donors (Lipinski definition) is 0. The summed E-state index contributed by atoms with van der Waals surface area (Å²) in [5.41, 5.74) is 0. The maximum atomic E-state index is 11.5. The predicted molar refractivity (Wildman–Crippen MR) is 66.8 cm³/mol. The first-order chi connectivity index (χ1) is 8.85. The lowest BCUT2D eigenvalue weighted by atomic mass is 10.0. The van der Waals surface area contributed by atoms with Gasteiger partial charge in [0.1, 0.15) is 24.4 Å². The van der Waals surface area contributed by atoms with Crippen LogP contribution < -0.4 is 0 Å². The minimum absolute atomic E-state index is 0.243. The maximum Gasteiger partial charge on any atom is 0.190 e. The quantitative estimate of drug-likeness (QED) is 0.733. The molecule has 7 atom stereocenters. The SMILES string of the molecule is C[C@H]1O[C@H]2O[C@H](CS(C)=O)[C@@H]3OC(C)(C)O[C@@H]3[C@H]2O1. The van der Waals surface area contributed by atoms with E-state index in [-0.39, 0.29) is 30.7 Å². The fourth-order valence-corrected chi connectivity index (χ4v) is 3.63. The van der Waals surface area contributed by atoms with Crippen LogP contribution in [0.4, 0.5) is 0 Å². The van der Waals surface area contributed by atoms with Crippen molar-refractivity contribution in [3.8, 4) is 0 Å². The van der Waals surface area contributed by atoms with Crippen molar-refractivity contribution in [1.29, 1.82) is 0 Å². The van der Waals surface area contributed by atoms with Crippen molar-refractivity contribution >= 4 is 10.8 Å². The molecule has 0 N–H and O–H groups in total. The van der Waals surface area contributed by atoms with Gasteiger partial charge in [-0.15, -0.1) is 0 Å². The molecular weight excluding hydrogens is 272 g/mol. The molecule has 0 amide bonds. The number of hydrogen-bond acceptors (Lipinski definition) is 6. The molecule has 0 bridgehead atoms.